The van der Waals surface area contributed by atoms with Crippen LogP contribution in [0.3, 0.4) is 0 Å². The molecule has 2 N–H and O–H groups in total. The number of rotatable bonds is 1. The molecule has 0 bridgehead atoms. The second-order valence-corrected chi connectivity index (χ2v) is 3.26. The highest BCUT2D eigenvalue weighted by molar-refractivity contribution is 6.33. The maximum absolute atomic E-state index is 11.1. The van der Waals surface area contributed by atoms with E-state index in [9.17, 15) is 4.79 Å². The Balaban J connectivity index is 3.23. The Labute approximate surface area is 81.3 Å². The van der Waals surface area contributed by atoms with Gasteiger partial charge in [0.25, 0.3) is 5.91 Å². The average molecular weight is 200 g/mol. The van der Waals surface area contributed by atoms with Gasteiger partial charge in [-0.2, -0.15) is 0 Å². The van der Waals surface area contributed by atoms with E-state index in [1.165, 1.54) is 0 Å². The van der Waals surface area contributed by atoms with E-state index >= 15 is 0 Å². The van der Waals surface area contributed by atoms with Crippen LogP contribution in [0.15, 0.2) is 12.1 Å². The summed E-state index contributed by atoms with van der Waals surface area (Å²) >= 11 is 5.80. The average Bonchev–Trinajstić information content (AvgIpc) is 2.10. The standard InChI is InChI=1S/C9H10ClNO2/c1-5-3-7(9(12)11-13)8(10)4-6(5)2/h3-4,13H,1-2H3,(H,11,12). The molecule has 0 aliphatic heterocycles. The Kier molecular flexibility index (Phi) is 2.90. The summed E-state index contributed by atoms with van der Waals surface area (Å²) in [4.78, 5) is 11.1. The van der Waals surface area contributed by atoms with Crippen molar-refractivity contribution in [3.05, 3.63) is 33.8 Å². The van der Waals surface area contributed by atoms with Gasteiger partial charge in [0.2, 0.25) is 0 Å². The number of carbonyl (C=O) groups excluding carboxylic acids is 1. The van der Waals surface area contributed by atoms with Crippen molar-refractivity contribution in [2.75, 3.05) is 0 Å². The number of amides is 1. The zero-order chi connectivity index (χ0) is 10.0. The van der Waals surface area contributed by atoms with Crippen LogP contribution in [-0.2, 0) is 0 Å². The minimum absolute atomic E-state index is 0.285. The fourth-order valence-electron chi connectivity index (χ4n) is 1.02. The van der Waals surface area contributed by atoms with Crippen LogP contribution in [0.5, 0.6) is 0 Å². The number of hydrogen-bond acceptors (Lipinski definition) is 2. The molecule has 0 fully saturated rings. The van der Waals surface area contributed by atoms with E-state index in [0.29, 0.717) is 5.02 Å². The zero-order valence-corrected chi connectivity index (χ0v) is 8.14. The maximum Gasteiger partial charge on any atom is 0.276 e. The van der Waals surface area contributed by atoms with E-state index in [-0.39, 0.29) is 5.56 Å². The normalized spacial score (nSPS) is 9.85. The fraction of sp³-hybridized carbons (Fsp3) is 0.222. The summed E-state index contributed by atoms with van der Waals surface area (Å²) in [5.74, 6) is -0.590. The van der Waals surface area contributed by atoms with Crippen molar-refractivity contribution < 1.29 is 10.0 Å². The number of hydrogen-bond donors (Lipinski definition) is 2. The smallest absolute Gasteiger partial charge is 0.276 e. The third-order valence-electron chi connectivity index (χ3n) is 1.93. The molecule has 0 aliphatic carbocycles. The second-order valence-electron chi connectivity index (χ2n) is 2.86. The Morgan fingerprint density at radius 2 is 1.92 bits per heavy atom. The Morgan fingerprint density at radius 1 is 1.38 bits per heavy atom. The van der Waals surface area contributed by atoms with Gasteiger partial charge in [-0.1, -0.05) is 11.6 Å². The first-order valence-electron chi connectivity index (χ1n) is 3.77. The van der Waals surface area contributed by atoms with Crippen LogP contribution >= 0.6 is 11.6 Å². The molecule has 0 saturated heterocycles. The molecule has 0 aliphatic rings. The molecule has 0 spiro atoms. The SMILES string of the molecule is Cc1cc(Cl)c(C(=O)NO)cc1C. The van der Waals surface area contributed by atoms with Crippen LogP contribution in [0.2, 0.25) is 5.02 Å². The number of benzene rings is 1. The summed E-state index contributed by atoms with van der Waals surface area (Å²) in [5, 5.41) is 8.76. The Hall–Kier alpha value is -1.06. The van der Waals surface area contributed by atoms with Crippen LogP contribution in [0.1, 0.15) is 21.5 Å². The predicted octanol–water partition coefficient (Wildman–Crippen LogP) is 2.08. The van der Waals surface area contributed by atoms with Crippen molar-refractivity contribution in [1.29, 1.82) is 0 Å². The monoisotopic (exact) mass is 199 g/mol. The summed E-state index contributed by atoms with van der Waals surface area (Å²) in [7, 11) is 0. The molecule has 4 heteroatoms. The third kappa shape index (κ3) is 1.99. The second kappa shape index (κ2) is 3.77. The number of halogens is 1. The van der Waals surface area contributed by atoms with Gasteiger partial charge in [-0.15, -0.1) is 0 Å². The summed E-state index contributed by atoms with van der Waals surface area (Å²) < 4.78 is 0. The number of hydroxylamine groups is 1. The molecule has 70 valence electrons. The van der Waals surface area contributed by atoms with Crippen molar-refractivity contribution in [1.82, 2.24) is 5.48 Å². The van der Waals surface area contributed by atoms with Gasteiger partial charge >= 0.3 is 0 Å². The highest BCUT2D eigenvalue weighted by atomic mass is 35.5. The largest absolute Gasteiger partial charge is 0.288 e. The quantitative estimate of drug-likeness (QED) is 0.538. The fourth-order valence-corrected chi connectivity index (χ4v) is 1.32. The summed E-state index contributed by atoms with van der Waals surface area (Å²) in [6.07, 6.45) is 0. The highest BCUT2D eigenvalue weighted by Gasteiger charge is 2.10. The molecule has 0 atom stereocenters. The molecule has 13 heavy (non-hydrogen) atoms. The van der Waals surface area contributed by atoms with Gasteiger partial charge in [-0.25, -0.2) is 5.48 Å². The lowest BCUT2D eigenvalue weighted by Gasteiger charge is -2.05. The first kappa shape index (κ1) is 10.0. The van der Waals surface area contributed by atoms with Crippen molar-refractivity contribution in [3.63, 3.8) is 0 Å². The van der Waals surface area contributed by atoms with E-state index in [1.807, 2.05) is 13.8 Å². The molecule has 3 nitrogen and oxygen atoms in total. The highest BCUT2D eigenvalue weighted by Crippen LogP contribution is 2.20. The summed E-state index contributed by atoms with van der Waals surface area (Å²) in [5.41, 5.74) is 3.80. The molecular weight excluding hydrogens is 190 g/mol. The molecule has 0 aromatic heterocycles. The van der Waals surface area contributed by atoms with Crippen LogP contribution in [0.25, 0.3) is 0 Å². The minimum Gasteiger partial charge on any atom is -0.288 e. The maximum atomic E-state index is 11.1. The number of carbonyl (C=O) groups is 1. The van der Waals surface area contributed by atoms with Gasteiger partial charge in [-0.05, 0) is 37.1 Å². The van der Waals surface area contributed by atoms with Gasteiger partial charge in [0.05, 0.1) is 10.6 Å². The first-order valence-corrected chi connectivity index (χ1v) is 4.15. The molecule has 1 aromatic rings. The molecule has 0 saturated carbocycles. The van der Waals surface area contributed by atoms with E-state index in [4.69, 9.17) is 16.8 Å². The summed E-state index contributed by atoms with van der Waals surface area (Å²) in [6, 6.07) is 3.34. The van der Waals surface area contributed by atoms with E-state index in [1.54, 1.807) is 17.6 Å². The molecule has 0 radical (unpaired) electrons. The van der Waals surface area contributed by atoms with E-state index < -0.39 is 5.91 Å². The predicted molar refractivity (Wildman–Crippen MR) is 50.2 cm³/mol. The van der Waals surface area contributed by atoms with E-state index in [2.05, 4.69) is 0 Å². The van der Waals surface area contributed by atoms with Gasteiger partial charge in [0.15, 0.2) is 0 Å². The minimum atomic E-state index is -0.590. The Morgan fingerprint density at radius 3 is 2.46 bits per heavy atom. The molecule has 0 heterocycles. The molecule has 1 amide bonds. The molecular formula is C9H10ClNO2. The zero-order valence-electron chi connectivity index (χ0n) is 7.39. The molecule has 1 rings (SSSR count). The van der Waals surface area contributed by atoms with Crippen LogP contribution in [0.4, 0.5) is 0 Å². The summed E-state index contributed by atoms with van der Waals surface area (Å²) in [6.45, 7) is 3.78. The third-order valence-corrected chi connectivity index (χ3v) is 2.24. The lowest BCUT2D eigenvalue weighted by molar-refractivity contribution is 0.0706. The Bertz CT molecular complexity index is 350. The van der Waals surface area contributed by atoms with Crippen molar-refractivity contribution in [2.45, 2.75) is 13.8 Å². The molecule has 0 unspecified atom stereocenters. The van der Waals surface area contributed by atoms with E-state index in [0.717, 1.165) is 11.1 Å². The van der Waals surface area contributed by atoms with Gasteiger partial charge < -0.3 is 0 Å². The van der Waals surface area contributed by atoms with Crippen LogP contribution in [0, 0.1) is 13.8 Å². The van der Waals surface area contributed by atoms with Crippen LogP contribution in [-0.4, -0.2) is 11.1 Å². The molecule has 1 aromatic carbocycles. The topological polar surface area (TPSA) is 49.3 Å². The van der Waals surface area contributed by atoms with Crippen molar-refractivity contribution in [2.24, 2.45) is 0 Å². The van der Waals surface area contributed by atoms with Crippen molar-refractivity contribution >= 4 is 17.5 Å². The first-order chi connectivity index (χ1) is 6.06. The number of nitrogens with one attached hydrogen (secondary N) is 1. The van der Waals surface area contributed by atoms with Crippen LogP contribution < -0.4 is 5.48 Å². The van der Waals surface area contributed by atoms with Crippen molar-refractivity contribution in [3.8, 4) is 0 Å². The van der Waals surface area contributed by atoms with Gasteiger partial charge in [0.1, 0.15) is 0 Å². The lowest BCUT2D eigenvalue weighted by Crippen LogP contribution is -2.19. The lowest BCUT2D eigenvalue weighted by atomic mass is 10.1. The van der Waals surface area contributed by atoms with Gasteiger partial charge in [-0.3, -0.25) is 10.0 Å². The number of aryl methyl sites for hydroxylation is 2. The van der Waals surface area contributed by atoms with Gasteiger partial charge in [0, 0.05) is 0 Å².